The van der Waals surface area contributed by atoms with E-state index in [1.807, 2.05) is 0 Å². The Kier molecular flexibility index (Phi) is 14.2. The van der Waals surface area contributed by atoms with E-state index in [0.717, 1.165) is 0 Å². The Balaban J connectivity index is 0.000000139. The highest BCUT2D eigenvalue weighted by Gasteiger charge is 2.43. The summed E-state index contributed by atoms with van der Waals surface area (Å²) in [7, 11) is 0. The summed E-state index contributed by atoms with van der Waals surface area (Å²) in [6.45, 7) is 23.9. The highest BCUT2D eigenvalue weighted by Crippen LogP contribution is 2.59. The summed E-state index contributed by atoms with van der Waals surface area (Å²) < 4.78 is 4.88. The molecule has 4 nitrogen and oxygen atoms in total. The van der Waals surface area contributed by atoms with Crippen LogP contribution in [0.5, 0.6) is 0 Å². The minimum atomic E-state index is -0.218. The molecule has 0 atom stereocenters. The van der Waals surface area contributed by atoms with Crippen LogP contribution in [0.25, 0.3) is 121 Å². The molecule has 0 saturated heterocycles. The van der Waals surface area contributed by atoms with E-state index >= 15 is 0 Å². The van der Waals surface area contributed by atoms with E-state index < -0.39 is 0 Å². The molecule has 542 valence electrons. The molecule has 0 N–H and O–H groups in total. The third-order valence-electron chi connectivity index (χ3n) is 27.0. The molecule has 2 heterocycles. The first-order chi connectivity index (χ1) is 54.8. The van der Waals surface area contributed by atoms with Gasteiger partial charge in [-0.3, -0.25) is 0 Å². The first-order valence-corrected chi connectivity index (χ1v) is 40.2. The van der Waals surface area contributed by atoms with Gasteiger partial charge in [0.25, 0.3) is 0 Å². The molecule has 16 aromatic carbocycles. The van der Waals surface area contributed by atoms with Crippen molar-refractivity contribution < 1.29 is 0 Å². The molecule has 23 rings (SSSR count). The number of nitrogens with zero attached hydrogens (tertiary/aromatic N) is 4. The van der Waals surface area contributed by atoms with Gasteiger partial charge in [-0.2, -0.15) is 0 Å². The molecule has 0 radical (unpaired) electrons. The molecule has 5 aliphatic rings. The largest absolute Gasteiger partial charge is 0.310 e. The van der Waals surface area contributed by atoms with Crippen molar-refractivity contribution in [1.82, 2.24) is 9.13 Å². The maximum absolute atomic E-state index is 2.52. The van der Waals surface area contributed by atoms with E-state index in [9.17, 15) is 0 Å². The van der Waals surface area contributed by atoms with Crippen molar-refractivity contribution in [2.75, 3.05) is 9.80 Å². The Morgan fingerprint density at radius 1 is 0.186 bits per heavy atom. The second kappa shape index (κ2) is 24.0. The van der Waals surface area contributed by atoms with E-state index in [1.165, 1.54) is 211 Å². The lowest BCUT2D eigenvalue weighted by atomic mass is 9.81. The molecule has 0 unspecified atom stereocenters. The number of para-hydroxylation sites is 4. The number of fused-ring (bicyclic) bond motifs is 22. The summed E-state index contributed by atoms with van der Waals surface area (Å²) in [4.78, 5) is 5.01. The number of rotatable bonds is 8. The predicted octanol–water partition coefficient (Wildman–Crippen LogP) is 29.2. The lowest BCUT2D eigenvalue weighted by Crippen LogP contribution is -2.19. The van der Waals surface area contributed by atoms with Crippen molar-refractivity contribution in [3.05, 3.63) is 395 Å². The monoisotopic (exact) mass is 1450 g/mol. The highest BCUT2D eigenvalue weighted by atomic mass is 15.2. The SMILES string of the molecule is CC1(C)c2ccccc2-c2ccc(N(c3ccc4c(c3)C(C)(C)c3cc(-n5c6ccccc6c6ccccc65)ccc3-4)c3cccc4ccccc34)cc21.CC1(C)c2ccccc2-c2ccc(N(c3ccc4c(c3)C(C)(C)c3ccccc3-4)c3ccc4c(c3)C(C)(C)c3cc(-n5c6ccccc6c6ccccc65)ccc3-4)cc21. The summed E-state index contributed by atoms with van der Waals surface area (Å²) in [6.07, 6.45) is 0. The van der Waals surface area contributed by atoms with Gasteiger partial charge in [0.05, 0.1) is 27.8 Å². The van der Waals surface area contributed by atoms with Crippen LogP contribution in [0.15, 0.2) is 340 Å². The van der Waals surface area contributed by atoms with Crippen LogP contribution >= 0.6 is 0 Å². The van der Waals surface area contributed by atoms with Gasteiger partial charge in [0.1, 0.15) is 0 Å². The third kappa shape index (κ3) is 9.56. The summed E-state index contributed by atoms with van der Waals surface area (Å²) in [5, 5.41) is 7.62. The van der Waals surface area contributed by atoms with Gasteiger partial charge in [0.15, 0.2) is 0 Å². The molecule has 0 spiro atoms. The first kappa shape index (κ1) is 66.9. The quantitative estimate of drug-likeness (QED) is 0.151. The molecule has 4 heteroatoms. The molecule has 0 saturated carbocycles. The molecular weight excluding hydrogens is 1370 g/mol. The van der Waals surface area contributed by atoms with E-state index in [1.54, 1.807) is 0 Å². The molecular formula is C109H86N4. The van der Waals surface area contributed by atoms with Crippen LogP contribution in [0.3, 0.4) is 0 Å². The Morgan fingerprint density at radius 2 is 0.425 bits per heavy atom. The highest BCUT2D eigenvalue weighted by molar-refractivity contribution is 6.11. The molecule has 113 heavy (non-hydrogen) atoms. The zero-order valence-corrected chi connectivity index (χ0v) is 65.6. The van der Waals surface area contributed by atoms with Gasteiger partial charge in [0.2, 0.25) is 0 Å². The Hall–Kier alpha value is -13.0. The average molecular weight is 1450 g/mol. The second-order valence-electron chi connectivity index (χ2n) is 34.8. The maximum Gasteiger partial charge on any atom is 0.0541 e. The standard InChI is InChI=1S/C57H46N2.C52H40N2/c1-55(2)47-19-11-7-15-39(47)41-27-23-35(31-49(41)55)58(36-24-28-42-40-16-8-12-20-48(40)56(3,4)50(42)32-36)37-25-29-43-44-30-26-38(34-52(44)57(5,6)51(43)33-37)59-53-21-13-9-17-45(53)46-18-10-14-22-54(46)59;1-51(2)44-20-10-7-17-38(44)39-27-24-34(30-45(39)51)53(48-23-13-15-33-14-5-6-16-37(33)48)35-25-28-40-41-29-26-36(32-47(41)52(3,4)46(40)31-35)54-49-21-11-8-18-42(49)43-19-9-12-22-50(43)54/h7-34H,1-6H3;5-32H,1-4H3. The molecule has 0 aliphatic heterocycles. The van der Waals surface area contributed by atoms with Crippen molar-refractivity contribution >= 4 is 88.5 Å². The van der Waals surface area contributed by atoms with Crippen LogP contribution in [0.4, 0.5) is 34.1 Å². The van der Waals surface area contributed by atoms with Crippen molar-refractivity contribution in [2.24, 2.45) is 0 Å². The number of hydrogen-bond donors (Lipinski definition) is 0. The second-order valence-corrected chi connectivity index (χ2v) is 34.8. The minimum Gasteiger partial charge on any atom is -0.310 e. The van der Waals surface area contributed by atoms with Gasteiger partial charge < -0.3 is 18.9 Å². The van der Waals surface area contributed by atoms with E-state index in [4.69, 9.17) is 0 Å². The molecule has 0 fully saturated rings. The van der Waals surface area contributed by atoms with Gasteiger partial charge in [-0.05, 0) is 232 Å². The number of aromatic nitrogens is 2. The van der Waals surface area contributed by atoms with E-state index in [0.29, 0.717) is 0 Å². The molecule has 0 amide bonds. The summed E-state index contributed by atoms with van der Waals surface area (Å²) in [5.41, 5.74) is 40.8. The fourth-order valence-electron chi connectivity index (χ4n) is 21.2. The van der Waals surface area contributed by atoms with Gasteiger partial charge in [-0.15, -0.1) is 0 Å². The van der Waals surface area contributed by atoms with Crippen LogP contribution in [-0.2, 0) is 27.1 Å². The number of hydrogen-bond acceptors (Lipinski definition) is 2. The lowest BCUT2D eigenvalue weighted by Gasteiger charge is -2.31. The Morgan fingerprint density at radius 3 is 0.761 bits per heavy atom. The van der Waals surface area contributed by atoms with Crippen LogP contribution in [0.1, 0.15) is 125 Å². The molecule has 5 aliphatic carbocycles. The van der Waals surface area contributed by atoms with E-state index in [2.05, 4.69) is 428 Å². The predicted molar refractivity (Wildman–Crippen MR) is 476 cm³/mol. The molecule has 0 bridgehead atoms. The first-order valence-electron chi connectivity index (χ1n) is 40.2. The zero-order valence-electron chi connectivity index (χ0n) is 65.6. The smallest absolute Gasteiger partial charge is 0.0541 e. The normalized spacial score (nSPS) is 15.2. The topological polar surface area (TPSA) is 16.3 Å². The van der Waals surface area contributed by atoms with Crippen molar-refractivity contribution in [3.63, 3.8) is 0 Å². The fraction of sp³-hybridized carbons (Fsp3) is 0.138. The van der Waals surface area contributed by atoms with Crippen LogP contribution in [0, 0.1) is 0 Å². The maximum atomic E-state index is 2.52. The number of benzene rings is 16. The van der Waals surface area contributed by atoms with Crippen molar-refractivity contribution in [1.29, 1.82) is 0 Å². The molecule has 2 aromatic heterocycles. The Labute approximate surface area is 661 Å². The summed E-state index contributed by atoms with van der Waals surface area (Å²) in [6, 6.07) is 127. The van der Waals surface area contributed by atoms with Gasteiger partial charge in [-0.25, -0.2) is 0 Å². The summed E-state index contributed by atoms with van der Waals surface area (Å²) >= 11 is 0. The average Bonchev–Trinajstić information content (AvgIpc) is 1.61. The van der Waals surface area contributed by atoms with Gasteiger partial charge >= 0.3 is 0 Å². The van der Waals surface area contributed by atoms with Crippen molar-refractivity contribution in [2.45, 2.75) is 96.3 Å². The van der Waals surface area contributed by atoms with Crippen LogP contribution in [-0.4, -0.2) is 9.13 Å². The van der Waals surface area contributed by atoms with Crippen LogP contribution in [0.2, 0.25) is 0 Å². The summed E-state index contributed by atoms with van der Waals surface area (Å²) in [5.74, 6) is 0. The number of anilines is 6. The lowest BCUT2D eigenvalue weighted by molar-refractivity contribution is 0.659. The van der Waals surface area contributed by atoms with Gasteiger partial charge in [0, 0.05) is 93.8 Å². The minimum absolute atomic E-state index is 0.0952. The van der Waals surface area contributed by atoms with Crippen LogP contribution < -0.4 is 9.80 Å². The third-order valence-corrected chi connectivity index (χ3v) is 27.0. The van der Waals surface area contributed by atoms with Crippen molar-refractivity contribution in [3.8, 4) is 67.0 Å². The molecule has 18 aromatic rings. The zero-order chi connectivity index (χ0) is 76.3. The van der Waals surface area contributed by atoms with E-state index in [-0.39, 0.29) is 27.1 Å². The fourth-order valence-corrected chi connectivity index (χ4v) is 21.2. The Bertz CT molecular complexity index is 6900. The van der Waals surface area contributed by atoms with Gasteiger partial charge in [-0.1, -0.05) is 294 Å².